The summed E-state index contributed by atoms with van der Waals surface area (Å²) in [5.74, 6) is 1.17. The highest BCUT2D eigenvalue weighted by molar-refractivity contribution is 5.48. The maximum Gasteiger partial charge on any atom is 0.131 e. The largest absolute Gasteiger partial charge is 0.383 e. The van der Waals surface area contributed by atoms with E-state index in [4.69, 9.17) is 9.72 Å². The number of pyridine rings is 1. The van der Waals surface area contributed by atoms with Crippen LogP contribution in [0.2, 0.25) is 0 Å². The van der Waals surface area contributed by atoms with E-state index in [0.717, 1.165) is 26.2 Å². The van der Waals surface area contributed by atoms with Crippen molar-refractivity contribution in [2.24, 2.45) is 0 Å². The molecule has 0 bridgehead atoms. The molecule has 1 heterocycles. The van der Waals surface area contributed by atoms with Crippen molar-refractivity contribution in [3.05, 3.63) is 23.4 Å². The van der Waals surface area contributed by atoms with Crippen molar-refractivity contribution in [2.75, 3.05) is 31.7 Å². The summed E-state index contributed by atoms with van der Waals surface area (Å²) in [6.07, 6.45) is 7.37. The minimum Gasteiger partial charge on any atom is -0.383 e. The molecule has 0 atom stereocenters. The van der Waals surface area contributed by atoms with Crippen molar-refractivity contribution in [1.82, 2.24) is 10.3 Å². The molecule has 2 rings (SSSR count). The van der Waals surface area contributed by atoms with Crippen molar-refractivity contribution >= 4 is 5.82 Å². The van der Waals surface area contributed by atoms with E-state index >= 15 is 0 Å². The Morgan fingerprint density at radius 2 is 2.14 bits per heavy atom. The Hall–Kier alpha value is -1.13. The van der Waals surface area contributed by atoms with Crippen molar-refractivity contribution in [2.45, 2.75) is 52.1 Å². The molecule has 1 fully saturated rings. The van der Waals surface area contributed by atoms with E-state index in [1.165, 1.54) is 42.6 Å². The highest BCUT2D eigenvalue weighted by Gasteiger charge is 2.23. The lowest BCUT2D eigenvalue weighted by Crippen LogP contribution is -2.34. The Balaban J connectivity index is 2.00. The van der Waals surface area contributed by atoms with Gasteiger partial charge < -0.3 is 15.0 Å². The van der Waals surface area contributed by atoms with Crippen molar-refractivity contribution in [3.63, 3.8) is 0 Å². The topological polar surface area (TPSA) is 37.4 Å². The van der Waals surface area contributed by atoms with E-state index in [9.17, 15) is 0 Å². The van der Waals surface area contributed by atoms with Gasteiger partial charge in [0.05, 0.1) is 6.61 Å². The zero-order valence-electron chi connectivity index (χ0n) is 13.7. The second-order valence-corrected chi connectivity index (χ2v) is 5.88. The normalized spacial score (nSPS) is 15.6. The summed E-state index contributed by atoms with van der Waals surface area (Å²) in [6.45, 7) is 7.94. The van der Waals surface area contributed by atoms with Crippen molar-refractivity contribution < 1.29 is 4.74 Å². The summed E-state index contributed by atoms with van der Waals surface area (Å²) in [7, 11) is 1.73. The predicted octanol–water partition coefficient (Wildman–Crippen LogP) is 2.89. The molecule has 1 aromatic rings. The molecule has 118 valence electrons. The number of aromatic nitrogens is 1. The van der Waals surface area contributed by atoms with Gasteiger partial charge >= 0.3 is 0 Å². The van der Waals surface area contributed by atoms with Crippen molar-refractivity contribution in [3.8, 4) is 0 Å². The van der Waals surface area contributed by atoms with Crippen LogP contribution in [0.1, 0.15) is 43.7 Å². The summed E-state index contributed by atoms with van der Waals surface area (Å²) in [5.41, 5.74) is 2.53. The third-order valence-corrected chi connectivity index (χ3v) is 4.30. The molecule has 0 aliphatic heterocycles. The number of nitrogens with one attached hydrogen (secondary N) is 1. The Morgan fingerprint density at radius 3 is 2.76 bits per heavy atom. The fourth-order valence-corrected chi connectivity index (χ4v) is 3.23. The van der Waals surface area contributed by atoms with Crippen LogP contribution >= 0.6 is 0 Å². The zero-order chi connectivity index (χ0) is 15.1. The fraction of sp³-hybridized carbons (Fsp3) is 0.706. The molecular weight excluding hydrogens is 262 g/mol. The van der Waals surface area contributed by atoms with Gasteiger partial charge in [0, 0.05) is 39.0 Å². The SMILES string of the molecule is CCN(c1ncc(CNCCOC)cc1C)C1CCCC1. The van der Waals surface area contributed by atoms with Gasteiger partial charge in [0.25, 0.3) is 0 Å². The molecule has 1 aliphatic carbocycles. The minimum absolute atomic E-state index is 0.687. The molecule has 0 spiro atoms. The smallest absolute Gasteiger partial charge is 0.131 e. The number of rotatable bonds is 8. The van der Waals surface area contributed by atoms with Crippen LogP contribution in [0, 0.1) is 6.92 Å². The van der Waals surface area contributed by atoms with Crippen LogP contribution in [0.3, 0.4) is 0 Å². The maximum atomic E-state index is 5.04. The Morgan fingerprint density at radius 1 is 1.38 bits per heavy atom. The molecule has 1 saturated carbocycles. The molecule has 21 heavy (non-hydrogen) atoms. The van der Waals surface area contributed by atoms with E-state index in [1.54, 1.807) is 7.11 Å². The first-order valence-corrected chi connectivity index (χ1v) is 8.18. The van der Waals surface area contributed by atoms with Crippen LogP contribution in [-0.2, 0) is 11.3 Å². The predicted molar refractivity (Wildman–Crippen MR) is 87.8 cm³/mol. The van der Waals surface area contributed by atoms with Gasteiger partial charge in [-0.2, -0.15) is 0 Å². The van der Waals surface area contributed by atoms with Gasteiger partial charge in [0.2, 0.25) is 0 Å². The van der Waals surface area contributed by atoms with E-state index in [-0.39, 0.29) is 0 Å². The first-order valence-electron chi connectivity index (χ1n) is 8.18. The maximum absolute atomic E-state index is 5.04. The summed E-state index contributed by atoms with van der Waals surface area (Å²) in [4.78, 5) is 7.24. The molecule has 4 nitrogen and oxygen atoms in total. The van der Waals surface area contributed by atoms with Gasteiger partial charge in [-0.25, -0.2) is 4.98 Å². The second-order valence-electron chi connectivity index (χ2n) is 5.88. The highest BCUT2D eigenvalue weighted by Crippen LogP contribution is 2.28. The summed E-state index contributed by atoms with van der Waals surface area (Å²) < 4.78 is 5.04. The average molecular weight is 291 g/mol. The monoisotopic (exact) mass is 291 g/mol. The average Bonchev–Trinajstić information content (AvgIpc) is 3.00. The van der Waals surface area contributed by atoms with E-state index in [0.29, 0.717) is 6.04 Å². The molecule has 4 heteroatoms. The molecular formula is C17H29N3O. The van der Waals surface area contributed by atoms with E-state index < -0.39 is 0 Å². The first kappa shape index (κ1) is 16.2. The Bertz CT molecular complexity index is 430. The second kappa shape index (κ2) is 8.35. The first-order chi connectivity index (χ1) is 10.3. The van der Waals surface area contributed by atoms with Gasteiger partial charge in [0.15, 0.2) is 0 Å². The van der Waals surface area contributed by atoms with Crippen LogP contribution < -0.4 is 10.2 Å². The van der Waals surface area contributed by atoms with Crippen LogP contribution in [0.25, 0.3) is 0 Å². The number of aryl methyl sites for hydroxylation is 1. The Labute approximate surface area is 128 Å². The van der Waals surface area contributed by atoms with E-state index in [2.05, 4.69) is 30.1 Å². The summed E-state index contributed by atoms with van der Waals surface area (Å²) in [6, 6.07) is 2.95. The molecule has 1 N–H and O–H groups in total. The van der Waals surface area contributed by atoms with Crippen LogP contribution in [0.5, 0.6) is 0 Å². The van der Waals surface area contributed by atoms with Gasteiger partial charge in [-0.1, -0.05) is 12.8 Å². The number of hydrogen-bond donors (Lipinski definition) is 1. The highest BCUT2D eigenvalue weighted by atomic mass is 16.5. The number of methoxy groups -OCH3 is 1. The standard InChI is InChI=1S/C17H29N3O/c1-4-20(16-7-5-6-8-16)17-14(2)11-15(13-19-17)12-18-9-10-21-3/h11,13,16,18H,4-10,12H2,1-3H3. The minimum atomic E-state index is 0.687. The lowest BCUT2D eigenvalue weighted by atomic mass is 10.1. The number of ether oxygens (including phenoxy) is 1. The molecule has 0 aromatic carbocycles. The van der Waals surface area contributed by atoms with E-state index in [1.807, 2.05) is 6.20 Å². The third kappa shape index (κ3) is 4.42. The molecule has 0 saturated heterocycles. The van der Waals surface area contributed by atoms with Crippen molar-refractivity contribution in [1.29, 1.82) is 0 Å². The Kier molecular flexibility index (Phi) is 6.46. The molecule has 0 amide bonds. The molecule has 0 radical (unpaired) electrons. The zero-order valence-corrected chi connectivity index (χ0v) is 13.7. The third-order valence-electron chi connectivity index (χ3n) is 4.30. The van der Waals surface area contributed by atoms with Crippen LogP contribution in [0.4, 0.5) is 5.82 Å². The number of anilines is 1. The summed E-state index contributed by atoms with van der Waals surface area (Å²) >= 11 is 0. The molecule has 1 aliphatic rings. The van der Waals surface area contributed by atoms with Gasteiger partial charge in [0.1, 0.15) is 5.82 Å². The van der Waals surface area contributed by atoms with Crippen LogP contribution in [0.15, 0.2) is 12.3 Å². The van der Waals surface area contributed by atoms with Gasteiger partial charge in [-0.15, -0.1) is 0 Å². The number of nitrogens with zero attached hydrogens (tertiary/aromatic N) is 2. The quantitative estimate of drug-likeness (QED) is 0.747. The summed E-state index contributed by atoms with van der Waals surface area (Å²) in [5, 5.41) is 3.37. The number of hydrogen-bond acceptors (Lipinski definition) is 4. The lowest BCUT2D eigenvalue weighted by Gasteiger charge is -2.30. The lowest BCUT2D eigenvalue weighted by molar-refractivity contribution is 0.199. The van der Waals surface area contributed by atoms with Crippen LogP contribution in [-0.4, -0.2) is 37.8 Å². The molecule has 1 aromatic heterocycles. The fourth-order valence-electron chi connectivity index (χ4n) is 3.23. The van der Waals surface area contributed by atoms with Gasteiger partial charge in [-0.05, 0) is 43.9 Å². The van der Waals surface area contributed by atoms with Gasteiger partial charge in [-0.3, -0.25) is 0 Å². The molecule has 0 unspecified atom stereocenters.